The van der Waals surface area contributed by atoms with Crippen molar-refractivity contribution in [2.24, 2.45) is 0 Å². The molecule has 1 aromatic carbocycles. The average Bonchev–Trinajstić information content (AvgIpc) is 3.41. The van der Waals surface area contributed by atoms with E-state index in [0.717, 1.165) is 24.0 Å². The maximum Gasteiger partial charge on any atom is 0.341 e. The number of carbonyl (C=O) groups is 3. The van der Waals surface area contributed by atoms with E-state index < -0.39 is 5.97 Å². The fourth-order valence-corrected chi connectivity index (χ4v) is 3.81. The minimum atomic E-state index is -0.390. The van der Waals surface area contributed by atoms with E-state index in [4.69, 9.17) is 4.74 Å². The van der Waals surface area contributed by atoms with Crippen molar-refractivity contribution in [2.45, 2.75) is 32.6 Å². The second kappa shape index (κ2) is 8.84. The number of anilines is 2. The molecule has 1 aliphatic rings. The third-order valence-corrected chi connectivity index (χ3v) is 5.12. The van der Waals surface area contributed by atoms with Crippen LogP contribution < -0.4 is 10.6 Å². The van der Waals surface area contributed by atoms with Crippen LogP contribution in [0.3, 0.4) is 0 Å². The third kappa shape index (κ3) is 5.07. The van der Waals surface area contributed by atoms with E-state index in [-0.39, 0.29) is 11.8 Å². The van der Waals surface area contributed by atoms with Gasteiger partial charge in [-0.25, -0.2) is 4.79 Å². The van der Waals surface area contributed by atoms with Crippen LogP contribution in [0.15, 0.2) is 35.7 Å². The van der Waals surface area contributed by atoms with Crippen molar-refractivity contribution >= 4 is 45.9 Å². The topological polar surface area (TPSA) is 84.5 Å². The molecular formula is C21H22N2O4S. The van der Waals surface area contributed by atoms with Gasteiger partial charge in [-0.2, -0.15) is 0 Å². The van der Waals surface area contributed by atoms with E-state index in [0.29, 0.717) is 28.8 Å². The van der Waals surface area contributed by atoms with E-state index >= 15 is 0 Å². The molecule has 2 amide bonds. The quantitative estimate of drug-likeness (QED) is 0.534. The fourth-order valence-electron chi connectivity index (χ4n) is 2.78. The van der Waals surface area contributed by atoms with Gasteiger partial charge in [0.1, 0.15) is 5.00 Å². The van der Waals surface area contributed by atoms with Crippen molar-refractivity contribution in [2.75, 3.05) is 17.2 Å². The second-order valence-electron chi connectivity index (χ2n) is 6.52. The van der Waals surface area contributed by atoms with Crippen LogP contribution in [0, 0.1) is 0 Å². The van der Waals surface area contributed by atoms with Gasteiger partial charge in [-0.1, -0.05) is 12.1 Å². The SMILES string of the molecule is CCOC(=O)c1c(C2CC2)csc1NC(=O)/C=C/c1ccc(NC(C)=O)cc1. The molecule has 0 radical (unpaired) electrons. The Balaban J connectivity index is 1.68. The highest BCUT2D eigenvalue weighted by Gasteiger charge is 2.32. The Labute approximate surface area is 167 Å². The Morgan fingerprint density at radius 1 is 1.18 bits per heavy atom. The lowest BCUT2D eigenvalue weighted by Crippen LogP contribution is -2.13. The van der Waals surface area contributed by atoms with Crippen LogP contribution in [0.5, 0.6) is 0 Å². The lowest BCUT2D eigenvalue weighted by molar-refractivity contribution is -0.114. The summed E-state index contributed by atoms with van der Waals surface area (Å²) in [5, 5.41) is 7.94. The summed E-state index contributed by atoms with van der Waals surface area (Å²) in [5.41, 5.74) is 2.96. The summed E-state index contributed by atoms with van der Waals surface area (Å²) in [6.45, 7) is 3.50. The van der Waals surface area contributed by atoms with Crippen LogP contribution in [0.4, 0.5) is 10.7 Å². The van der Waals surface area contributed by atoms with Crippen LogP contribution in [0.25, 0.3) is 6.08 Å². The number of nitrogens with one attached hydrogen (secondary N) is 2. The first-order valence-corrected chi connectivity index (χ1v) is 10.0. The van der Waals surface area contributed by atoms with Gasteiger partial charge in [0.25, 0.3) is 0 Å². The normalized spacial score (nSPS) is 13.4. The zero-order valence-corrected chi connectivity index (χ0v) is 16.6. The van der Waals surface area contributed by atoms with Crippen LogP contribution in [0.1, 0.15) is 54.1 Å². The predicted molar refractivity (Wildman–Crippen MR) is 111 cm³/mol. The number of carbonyl (C=O) groups excluding carboxylic acids is 3. The van der Waals surface area contributed by atoms with Gasteiger partial charge in [0.05, 0.1) is 12.2 Å². The molecule has 28 heavy (non-hydrogen) atoms. The summed E-state index contributed by atoms with van der Waals surface area (Å²) >= 11 is 1.35. The summed E-state index contributed by atoms with van der Waals surface area (Å²) in [5.74, 6) is -0.459. The number of rotatable bonds is 7. The molecule has 0 unspecified atom stereocenters. The Hall–Kier alpha value is -2.93. The molecule has 2 aromatic rings. The molecule has 2 N–H and O–H groups in total. The van der Waals surface area contributed by atoms with E-state index in [9.17, 15) is 14.4 Å². The second-order valence-corrected chi connectivity index (χ2v) is 7.40. The summed E-state index contributed by atoms with van der Waals surface area (Å²) in [6, 6.07) is 7.13. The van der Waals surface area contributed by atoms with Crippen molar-refractivity contribution in [1.82, 2.24) is 0 Å². The van der Waals surface area contributed by atoms with Gasteiger partial charge >= 0.3 is 5.97 Å². The lowest BCUT2D eigenvalue weighted by Gasteiger charge is -2.07. The molecule has 0 atom stereocenters. The fraction of sp³-hybridized carbons (Fsp3) is 0.286. The molecule has 1 aromatic heterocycles. The minimum Gasteiger partial charge on any atom is -0.462 e. The monoisotopic (exact) mass is 398 g/mol. The first kappa shape index (κ1) is 19.8. The van der Waals surface area contributed by atoms with Gasteiger partial charge in [0, 0.05) is 18.7 Å². The summed E-state index contributed by atoms with van der Waals surface area (Å²) in [7, 11) is 0. The van der Waals surface area contributed by atoms with Gasteiger partial charge in [-0.15, -0.1) is 11.3 Å². The molecule has 1 saturated carbocycles. The first-order valence-electron chi connectivity index (χ1n) is 9.13. The largest absolute Gasteiger partial charge is 0.462 e. The maximum absolute atomic E-state index is 12.3. The average molecular weight is 398 g/mol. The highest BCUT2D eigenvalue weighted by molar-refractivity contribution is 7.15. The molecule has 0 spiro atoms. The number of benzene rings is 1. The molecule has 7 heteroatoms. The molecule has 146 valence electrons. The highest BCUT2D eigenvalue weighted by Crippen LogP contribution is 2.46. The molecule has 1 fully saturated rings. The number of hydrogen-bond acceptors (Lipinski definition) is 5. The van der Waals surface area contributed by atoms with E-state index in [1.165, 1.54) is 24.3 Å². The van der Waals surface area contributed by atoms with Gasteiger partial charge in [-0.3, -0.25) is 9.59 Å². The number of amides is 2. The molecule has 0 saturated heterocycles. The number of hydrogen-bond donors (Lipinski definition) is 2. The van der Waals surface area contributed by atoms with E-state index in [1.54, 1.807) is 37.3 Å². The first-order chi connectivity index (χ1) is 13.5. The smallest absolute Gasteiger partial charge is 0.341 e. The molecule has 1 heterocycles. The molecule has 3 rings (SSSR count). The number of ether oxygens (including phenoxy) is 1. The highest BCUT2D eigenvalue weighted by atomic mass is 32.1. The standard InChI is InChI=1S/C21H22N2O4S/c1-3-27-21(26)19-17(15-7-8-15)12-28-20(19)23-18(25)11-6-14-4-9-16(10-5-14)22-13(2)24/h4-6,9-12,15H,3,7-8H2,1-2H3,(H,22,24)(H,23,25)/b11-6+. The molecule has 0 bridgehead atoms. The molecule has 1 aliphatic carbocycles. The molecule has 0 aliphatic heterocycles. The Kier molecular flexibility index (Phi) is 6.26. The minimum absolute atomic E-state index is 0.137. The number of esters is 1. The van der Waals surface area contributed by atoms with Gasteiger partial charge < -0.3 is 15.4 Å². The Bertz CT molecular complexity index is 911. The summed E-state index contributed by atoms with van der Waals surface area (Å²) in [6.07, 6.45) is 5.21. The van der Waals surface area contributed by atoms with Crippen LogP contribution in [0.2, 0.25) is 0 Å². The van der Waals surface area contributed by atoms with Gasteiger partial charge in [0.15, 0.2) is 0 Å². The van der Waals surface area contributed by atoms with Crippen molar-refractivity contribution in [3.63, 3.8) is 0 Å². The van der Waals surface area contributed by atoms with Crippen molar-refractivity contribution < 1.29 is 19.1 Å². The maximum atomic E-state index is 12.3. The number of thiophene rings is 1. The zero-order valence-electron chi connectivity index (χ0n) is 15.8. The van der Waals surface area contributed by atoms with E-state index in [1.807, 2.05) is 5.38 Å². The van der Waals surface area contributed by atoms with Gasteiger partial charge in [0.2, 0.25) is 11.8 Å². The molecule has 6 nitrogen and oxygen atoms in total. The van der Waals surface area contributed by atoms with Crippen LogP contribution in [-0.2, 0) is 14.3 Å². The van der Waals surface area contributed by atoms with E-state index in [2.05, 4.69) is 10.6 Å². The van der Waals surface area contributed by atoms with Gasteiger partial charge in [-0.05, 0) is 60.4 Å². The van der Waals surface area contributed by atoms with Crippen molar-refractivity contribution in [3.05, 3.63) is 52.4 Å². The van der Waals surface area contributed by atoms with Crippen LogP contribution >= 0.6 is 11.3 Å². The van der Waals surface area contributed by atoms with Crippen molar-refractivity contribution in [1.29, 1.82) is 0 Å². The third-order valence-electron chi connectivity index (χ3n) is 4.21. The zero-order chi connectivity index (χ0) is 20.1. The van der Waals surface area contributed by atoms with Crippen LogP contribution in [-0.4, -0.2) is 24.4 Å². The van der Waals surface area contributed by atoms with Crippen molar-refractivity contribution in [3.8, 4) is 0 Å². The molecular weight excluding hydrogens is 376 g/mol. The predicted octanol–water partition coefficient (Wildman–Crippen LogP) is 4.41. The summed E-state index contributed by atoms with van der Waals surface area (Å²) in [4.78, 5) is 35.7. The Morgan fingerprint density at radius 3 is 2.50 bits per heavy atom. The lowest BCUT2D eigenvalue weighted by atomic mass is 10.1. The Morgan fingerprint density at radius 2 is 1.89 bits per heavy atom. The summed E-state index contributed by atoms with van der Waals surface area (Å²) < 4.78 is 5.16.